The van der Waals surface area contributed by atoms with Gasteiger partial charge in [-0.3, -0.25) is 14.9 Å². The summed E-state index contributed by atoms with van der Waals surface area (Å²) >= 11 is 7.00. The maximum absolute atomic E-state index is 12.8. The molecule has 12 heteroatoms. The van der Waals surface area contributed by atoms with E-state index in [9.17, 15) is 19.7 Å². The lowest BCUT2D eigenvalue weighted by Gasteiger charge is -2.16. The number of nitro benzene ring substituents is 1. The normalized spacial score (nSPS) is 11.2. The van der Waals surface area contributed by atoms with Crippen molar-refractivity contribution >= 4 is 54.7 Å². The van der Waals surface area contributed by atoms with E-state index in [1.54, 1.807) is 42.5 Å². The Kier molecular flexibility index (Phi) is 7.65. The van der Waals surface area contributed by atoms with Crippen molar-refractivity contribution in [1.29, 1.82) is 0 Å². The van der Waals surface area contributed by atoms with Crippen LogP contribution in [0.2, 0.25) is 0 Å². The molecule has 3 aromatic carbocycles. The Morgan fingerprint density at radius 2 is 1.81 bits per heavy atom. The first-order valence-electron chi connectivity index (χ1n) is 10.6. The van der Waals surface area contributed by atoms with Crippen molar-refractivity contribution < 1.29 is 14.4 Å². The van der Waals surface area contributed by atoms with Crippen LogP contribution >= 0.6 is 31.9 Å². The summed E-state index contributed by atoms with van der Waals surface area (Å²) in [6, 6.07) is 14.4. The number of halogens is 2. The number of aromatic amines is 1. The maximum Gasteiger partial charge on any atom is 0.349 e. The molecule has 1 aromatic heterocycles. The van der Waals surface area contributed by atoms with Gasteiger partial charge < -0.3 is 14.5 Å². The molecule has 0 saturated heterocycles. The molecule has 0 aliphatic rings. The predicted octanol–water partition coefficient (Wildman–Crippen LogP) is 4.98. The van der Waals surface area contributed by atoms with Crippen LogP contribution in [0.1, 0.15) is 18.1 Å². The van der Waals surface area contributed by atoms with Crippen LogP contribution in [0, 0.1) is 10.1 Å². The second-order valence-corrected chi connectivity index (χ2v) is 8.99. The van der Waals surface area contributed by atoms with Gasteiger partial charge in [0.25, 0.3) is 11.2 Å². The van der Waals surface area contributed by atoms with Gasteiger partial charge in [0.05, 0.1) is 33.1 Å². The average Bonchev–Trinajstić information content (AvgIpc) is 2.86. The van der Waals surface area contributed by atoms with Crippen LogP contribution in [0.25, 0.3) is 10.9 Å². The molecule has 10 nitrogen and oxygen atoms in total. The van der Waals surface area contributed by atoms with Crippen molar-refractivity contribution in [3.8, 4) is 11.5 Å². The molecule has 4 rings (SSSR count). The standard InChI is InChI=1S/C24H18Br2N4O6/c1-2-35-19-11-15(12-27-29-23(31)17-5-3-4-6-18(17)28-24(29)32)20(25)21(26)22(19)36-13-14-7-9-16(10-8-14)30(33)34/h3-12H,2,13H2,1H3,(H,28,32). The summed E-state index contributed by atoms with van der Waals surface area (Å²) in [7, 11) is 0. The number of nitro groups is 1. The van der Waals surface area contributed by atoms with Crippen molar-refractivity contribution in [2.24, 2.45) is 5.10 Å². The molecule has 0 aliphatic carbocycles. The topological polar surface area (TPSA) is 129 Å². The first-order chi connectivity index (χ1) is 17.3. The molecule has 0 radical (unpaired) electrons. The number of nitrogens with one attached hydrogen (secondary N) is 1. The predicted molar refractivity (Wildman–Crippen MR) is 142 cm³/mol. The first-order valence-corrected chi connectivity index (χ1v) is 12.2. The number of para-hydroxylation sites is 1. The molecule has 4 aromatic rings. The molecule has 0 atom stereocenters. The van der Waals surface area contributed by atoms with Crippen LogP contribution in [0.3, 0.4) is 0 Å². The second kappa shape index (κ2) is 10.9. The minimum Gasteiger partial charge on any atom is -0.490 e. The third-order valence-corrected chi connectivity index (χ3v) is 7.23. The Morgan fingerprint density at radius 1 is 1.08 bits per heavy atom. The lowest BCUT2D eigenvalue weighted by atomic mass is 10.2. The Bertz CT molecular complexity index is 1600. The molecular weight excluding hydrogens is 600 g/mol. The minimum absolute atomic E-state index is 0.00863. The van der Waals surface area contributed by atoms with Crippen molar-refractivity contribution in [2.75, 3.05) is 6.61 Å². The number of H-pyrrole nitrogens is 1. The van der Waals surface area contributed by atoms with Crippen molar-refractivity contribution in [2.45, 2.75) is 13.5 Å². The van der Waals surface area contributed by atoms with Gasteiger partial charge in [0.1, 0.15) is 6.61 Å². The largest absolute Gasteiger partial charge is 0.490 e. The number of rotatable bonds is 8. The van der Waals surface area contributed by atoms with Crippen LogP contribution in [-0.2, 0) is 6.61 Å². The second-order valence-electron chi connectivity index (χ2n) is 7.40. The number of hydrogen-bond donors (Lipinski definition) is 1. The number of aromatic nitrogens is 2. The third kappa shape index (κ3) is 5.24. The molecule has 0 unspecified atom stereocenters. The molecule has 0 spiro atoms. The molecule has 1 heterocycles. The van der Waals surface area contributed by atoms with E-state index in [0.717, 1.165) is 10.2 Å². The van der Waals surface area contributed by atoms with Gasteiger partial charge in [-0.25, -0.2) is 4.79 Å². The number of hydrogen-bond acceptors (Lipinski definition) is 7. The third-order valence-electron chi connectivity index (χ3n) is 5.08. The van der Waals surface area contributed by atoms with E-state index in [-0.39, 0.29) is 12.3 Å². The zero-order valence-corrected chi connectivity index (χ0v) is 21.9. The van der Waals surface area contributed by atoms with E-state index >= 15 is 0 Å². The Balaban J connectivity index is 1.66. The molecule has 0 aliphatic heterocycles. The number of ether oxygens (including phenoxy) is 2. The van der Waals surface area contributed by atoms with Crippen LogP contribution in [0.15, 0.2) is 78.2 Å². The zero-order valence-electron chi connectivity index (χ0n) is 18.7. The van der Waals surface area contributed by atoms with E-state index in [4.69, 9.17) is 9.47 Å². The summed E-state index contributed by atoms with van der Waals surface area (Å²) in [5.41, 5.74) is 0.452. The molecule has 0 bridgehead atoms. The van der Waals surface area contributed by atoms with E-state index in [0.29, 0.717) is 43.5 Å². The number of non-ortho nitro benzene ring substituents is 1. The Hall–Kier alpha value is -3.77. The molecule has 0 fully saturated rings. The van der Waals surface area contributed by atoms with Gasteiger partial charge in [-0.15, -0.1) is 4.68 Å². The SMILES string of the molecule is CCOc1cc(C=Nn2c(=O)[nH]c3ccccc3c2=O)c(Br)c(Br)c1OCc1ccc([N+](=O)[O-])cc1. The fourth-order valence-electron chi connectivity index (χ4n) is 3.34. The molecule has 0 amide bonds. The van der Waals surface area contributed by atoms with Crippen LogP contribution < -0.4 is 20.7 Å². The zero-order chi connectivity index (χ0) is 25.8. The van der Waals surface area contributed by atoms with E-state index in [2.05, 4.69) is 41.9 Å². The van der Waals surface area contributed by atoms with E-state index in [1.165, 1.54) is 18.3 Å². The number of benzene rings is 3. The Morgan fingerprint density at radius 3 is 2.50 bits per heavy atom. The fourth-order valence-corrected chi connectivity index (χ4v) is 4.28. The van der Waals surface area contributed by atoms with Gasteiger partial charge in [0.2, 0.25) is 0 Å². The first kappa shape index (κ1) is 25.3. The van der Waals surface area contributed by atoms with Gasteiger partial charge in [-0.1, -0.05) is 12.1 Å². The molecule has 184 valence electrons. The number of fused-ring (bicyclic) bond motifs is 1. The van der Waals surface area contributed by atoms with Crippen molar-refractivity contribution in [3.63, 3.8) is 0 Å². The highest BCUT2D eigenvalue weighted by Crippen LogP contribution is 2.43. The van der Waals surface area contributed by atoms with Gasteiger partial charge in [-0.2, -0.15) is 5.10 Å². The van der Waals surface area contributed by atoms with Gasteiger partial charge in [0.15, 0.2) is 11.5 Å². The molecular formula is C24H18Br2N4O6. The van der Waals surface area contributed by atoms with E-state index < -0.39 is 16.2 Å². The van der Waals surface area contributed by atoms with Gasteiger partial charge >= 0.3 is 5.69 Å². The summed E-state index contributed by atoms with van der Waals surface area (Å²) in [5.74, 6) is 0.802. The fraction of sp³-hybridized carbons (Fsp3) is 0.125. The summed E-state index contributed by atoms with van der Waals surface area (Å²) in [6.07, 6.45) is 1.36. The maximum atomic E-state index is 12.8. The van der Waals surface area contributed by atoms with Crippen molar-refractivity contribution in [3.05, 3.63) is 106 Å². The van der Waals surface area contributed by atoms with Gasteiger partial charge in [0, 0.05) is 22.2 Å². The highest BCUT2D eigenvalue weighted by atomic mass is 79.9. The van der Waals surface area contributed by atoms with Crippen LogP contribution in [-0.4, -0.2) is 27.4 Å². The Labute approximate surface area is 220 Å². The monoisotopic (exact) mass is 616 g/mol. The molecule has 1 N–H and O–H groups in total. The smallest absolute Gasteiger partial charge is 0.349 e. The lowest BCUT2D eigenvalue weighted by molar-refractivity contribution is -0.384. The quantitative estimate of drug-likeness (QED) is 0.169. The number of nitrogens with zero attached hydrogens (tertiary/aromatic N) is 3. The summed E-state index contributed by atoms with van der Waals surface area (Å²) in [5, 5.41) is 15.3. The highest BCUT2D eigenvalue weighted by molar-refractivity contribution is 9.13. The summed E-state index contributed by atoms with van der Waals surface area (Å²) in [6.45, 7) is 2.30. The van der Waals surface area contributed by atoms with Crippen LogP contribution in [0.5, 0.6) is 11.5 Å². The van der Waals surface area contributed by atoms with E-state index in [1.807, 2.05) is 6.92 Å². The summed E-state index contributed by atoms with van der Waals surface area (Å²) < 4.78 is 13.5. The van der Waals surface area contributed by atoms with Crippen molar-refractivity contribution in [1.82, 2.24) is 9.66 Å². The lowest BCUT2D eigenvalue weighted by Crippen LogP contribution is -2.32. The average molecular weight is 618 g/mol. The molecule has 36 heavy (non-hydrogen) atoms. The molecule has 0 saturated carbocycles. The highest BCUT2D eigenvalue weighted by Gasteiger charge is 2.18. The van der Waals surface area contributed by atoms with Gasteiger partial charge in [-0.05, 0) is 74.7 Å². The van der Waals surface area contributed by atoms with Crippen LogP contribution in [0.4, 0.5) is 5.69 Å². The summed E-state index contributed by atoms with van der Waals surface area (Å²) in [4.78, 5) is 38.2. The minimum atomic E-state index is -0.668.